The summed E-state index contributed by atoms with van der Waals surface area (Å²) in [6.45, 7) is 4.17. The number of hydrogen-bond acceptors (Lipinski definition) is 3. The second-order valence-corrected chi connectivity index (χ2v) is 8.62. The van der Waals surface area contributed by atoms with Crippen LogP contribution < -0.4 is 5.32 Å². The summed E-state index contributed by atoms with van der Waals surface area (Å²) >= 11 is 5.00. The fourth-order valence-corrected chi connectivity index (χ4v) is 4.73. The van der Waals surface area contributed by atoms with Gasteiger partial charge in [0, 0.05) is 27.7 Å². The number of rotatable bonds is 4. The van der Waals surface area contributed by atoms with Gasteiger partial charge in [-0.15, -0.1) is 11.3 Å². The van der Waals surface area contributed by atoms with Gasteiger partial charge in [0.1, 0.15) is 0 Å². The SMILES string of the molecule is Cc1nn(-c2cccc(Br)c2)c(C)c1[C@@H]1C=C[C@@H](NC(=O)c2cccs2)C1. The van der Waals surface area contributed by atoms with Gasteiger partial charge in [-0.1, -0.05) is 40.2 Å². The maximum absolute atomic E-state index is 12.3. The predicted octanol–water partition coefficient (Wildman–Crippen LogP) is 5.16. The molecule has 0 bridgehead atoms. The van der Waals surface area contributed by atoms with Crippen LogP contribution in [0.3, 0.4) is 0 Å². The van der Waals surface area contributed by atoms with Gasteiger partial charge in [-0.05, 0) is 49.9 Å². The molecule has 0 fully saturated rings. The molecule has 0 saturated carbocycles. The summed E-state index contributed by atoms with van der Waals surface area (Å²) in [5.41, 5.74) is 4.47. The summed E-state index contributed by atoms with van der Waals surface area (Å²) in [4.78, 5) is 13.1. The van der Waals surface area contributed by atoms with Crippen LogP contribution in [0.2, 0.25) is 0 Å². The van der Waals surface area contributed by atoms with E-state index in [-0.39, 0.29) is 17.9 Å². The van der Waals surface area contributed by atoms with E-state index in [2.05, 4.69) is 59.4 Å². The zero-order chi connectivity index (χ0) is 19.0. The summed E-state index contributed by atoms with van der Waals surface area (Å²) in [7, 11) is 0. The van der Waals surface area contributed by atoms with E-state index in [1.807, 2.05) is 34.3 Å². The van der Waals surface area contributed by atoms with Gasteiger partial charge in [-0.25, -0.2) is 4.68 Å². The van der Waals surface area contributed by atoms with E-state index in [1.54, 1.807) is 0 Å². The number of nitrogens with zero attached hydrogens (tertiary/aromatic N) is 2. The van der Waals surface area contributed by atoms with Gasteiger partial charge in [0.2, 0.25) is 0 Å². The molecular weight excluding hydrogens is 422 g/mol. The Hall–Kier alpha value is -2.18. The Morgan fingerprint density at radius 3 is 2.85 bits per heavy atom. The second-order valence-electron chi connectivity index (χ2n) is 6.76. The topological polar surface area (TPSA) is 46.9 Å². The third kappa shape index (κ3) is 3.64. The van der Waals surface area contributed by atoms with Crippen molar-refractivity contribution in [1.82, 2.24) is 15.1 Å². The molecule has 1 amide bonds. The first-order valence-corrected chi connectivity index (χ1v) is 10.5. The van der Waals surface area contributed by atoms with Crippen molar-refractivity contribution in [2.45, 2.75) is 32.2 Å². The standard InChI is InChI=1S/C21H20BrN3OS/c1-13-20(14(2)25(24-13)18-6-3-5-16(22)12-18)15-8-9-17(11-15)23-21(26)19-7-4-10-27-19/h3-10,12,15,17H,11H2,1-2H3,(H,23,26)/t15-,17-/m1/s1. The van der Waals surface area contributed by atoms with E-state index < -0.39 is 0 Å². The lowest BCUT2D eigenvalue weighted by Gasteiger charge is -2.14. The average molecular weight is 442 g/mol. The van der Waals surface area contributed by atoms with Gasteiger partial charge >= 0.3 is 0 Å². The van der Waals surface area contributed by atoms with Crippen LogP contribution in [0.5, 0.6) is 0 Å². The zero-order valence-electron chi connectivity index (χ0n) is 15.1. The monoisotopic (exact) mass is 441 g/mol. The minimum absolute atomic E-state index is 0.00132. The van der Waals surface area contributed by atoms with E-state index in [0.29, 0.717) is 0 Å². The Balaban J connectivity index is 1.53. The zero-order valence-corrected chi connectivity index (χ0v) is 17.5. The lowest BCUT2D eigenvalue weighted by Crippen LogP contribution is -2.32. The van der Waals surface area contributed by atoms with Crippen molar-refractivity contribution in [1.29, 1.82) is 0 Å². The fraction of sp³-hybridized carbons (Fsp3) is 0.238. The number of benzene rings is 1. The third-order valence-corrected chi connectivity index (χ3v) is 6.28. The molecule has 6 heteroatoms. The smallest absolute Gasteiger partial charge is 0.261 e. The molecule has 0 spiro atoms. The second kappa shape index (κ2) is 7.44. The normalized spacial score (nSPS) is 18.8. The van der Waals surface area contributed by atoms with Crippen LogP contribution in [0.25, 0.3) is 5.69 Å². The van der Waals surface area contributed by atoms with E-state index >= 15 is 0 Å². The summed E-state index contributed by atoms with van der Waals surface area (Å²) < 4.78 is 3.03. The van der Waals surface area contributed by atoms with Crippen molar-refractivity contribution in [2.24, 2.45) is 0 Å². The molecule has 4 rings (SSSR count). The Labute approximate surface area is 171 Å². The molecule has 3 aromatic rings. The van der Waals surface area contributed by atoms with Gasteiger partial charge in [0.15, 0.2) is 0 Å². The Bertz CT molecular complexity index is 1010. The maximum atomic E-state index is 12.3. The van der Waals surface area contributed by atoms with Crippen molar-refractivity contribution in [3.05, 3.63) is 80.2 Å². The van der Waals surface area contributed by atoms with E-state index in [9.17, 15) is 4.79 Å². The molecule has 27 heavy (non-hydrogen) atoms. The number of aromatic nitrogens is 2. The lowest BCUT2D eigenvalue weighted by atomic mass is 9.96. The minimum atomic E-state index is -0.00132. The molecular formula is C21H20BrN3OS. The molecule has 0 aliphatic heterocycles. The van der Waals surface area contributed by atoms with Crippen molar-refractivity contribution in [3.63, 3.8) is 0 Å². The van der Waals surface area contributed by atoms with Crippen LogP contribution in [-0.2, 0) is 0 Å². The third-order valence-electron chi connectivity index (χ3n) is 4.92. The van der Waals surface area contributed by atoms with Crippen molar-refractivity contribution in [2.75, 3.05) is 0 Å². The van der Waals surface area contributed by atoms with E-state index in [1.165, 1.54) is 16.9 Å². The number of amides is 1. The van der Waals surface area contributed by atoms with Crippen LogP contribution in [-0.4, -0.2) is 21.7 Å². The van der Waals surface area contributed by atoms with Crippen molar-refractivity contribution < 1.29 is 4.79 Å². The highest BCUT2D eigenvalue weighted by Crippen LogP contribution is 2.34. The predicted molar refractivity (Wildman–Crippen MR) is 113 cm³/mol. The van der Waals surface area contributed by atoms with Crippen LogP contribution in [0.4, 0.5) is 0 Å². The van der Waals surface area contributed by atoms with Gasteiger partial charge in [0.05, 0.1) is 16.3 Å². The largest absolute Gasteiger partial charge is 0.345 e. The number of hydrogen-bond donors (Lipinski definition) is 1. The molecule has 1 N–H and O–H groups in total. The first-order chi connectivity index (χ1) is 13.0. The number of nitrogens with one attached hydrogen (secondary N) is 1. The number of halogens is 1. The first-order valence-electron chi connectivity index (χ1n) is 8.87. The summed E-state index contributed by atoms with van der Waals surface area (Å²) in [6.07, 6.45) is 5.16. The Morgan fingerprint density at radius 2 is 2.11 bits per heavy atom. The summed E-state index contributed by atoms with van der Waals surface area (Å²) in [6, 6.07) is 12.0. The molecule has 1 aliphatic carbocycles. The molecule has 1 aliphatic rings. The number of allylic oxidation sites excluding steroid dienone is 1. The van der Waals surface area contributed by atoms with Crippen LogP contribution in [0.1, 0.15) is 39.0 Å². The Kier molecular flexibility index (Phi) is 5.02. The highest BCUT2D eigenvalue weighted by atomic mass is 79.9. The number of thiophene rings is 1. The van der Waals surface area contributed by atoms with Gasteiger partial charge in [-0.2, -0.15) is 5.10 Å². The van der Waals surface area contributed by atoms with Crippen molar-refractivity contribution in [3.8, 4) is 5.69 Å². The fourth-order valence-electron chi connectivity index (χ4n) is 3.72. The van der Waals surface area contributed by atoms with Gasteiger partial charge in [0.25, 0.3) is 5.91 Å². The van der Waals surface area contributed by atoms with Crippen LogP contribution >= 0.6 is 27.3 Å². The minimum Gasteiger partial charge on any atom is -0.345 e. The molecule has 2 heterocycles. The quantitative estimate of drug-likeness (QED) is 0.568. The summed E-state index contributed by atoms with van der Waals surface area (Å²) in [5, 5.41) is 9.81. The molecule has 138 valence electrons. The molecule has 2 atom stereocenters. The van der Waals surface area contributed by atoms with Gasteiger partial charge in [-0.3, -0.25) is 4.79 Å². The number of carbonyl (C=O) groups excluding carboxylic acids is 1. The van der Waals surface area contributed by atoms with E-state index in [4.69, 9.17) is 5.10 Å². The van der Waals surface area contributed by atoms with Crippen LogP contribution in [0.15, 0.2) is 58.4 Å². The molecule has 0 unspecified atom stereocenters. The number of carbonyl (C=O) groups is 1. The van der Waals surface area contributed by atoms with E-state index in [0.717, 1.165) is 32.8 Å². The maximum Gasteiger partial charge on any atom is 0.261 e. The average Bonchev–Trinajstić information content (AvgIpc) is 3.36. The molecule has 0 radical (unpaired) electrons. The molecule has 0 saturated heterocycles. The molecule has 2 aromatic heterocycles. The molecule has 1 aromatic carbocycles. The van der Waals surface area contributed by atoms with Crippen molar-refractivity contribution >= 4 is 33.2 Å². The summed E-state index contributed by atoms with van der Waals surface area (Å²) in [5.74, 6) is 0.262. The first kappa shape index (κ1) is 18.2. The number of aryl methyl sites for hydroxylation is 1. The Morgan fingerprint density at radius 1 is 1.26 bits per heavy atom. The van der Waals surface area contributed by atoms with Gasteiger partial charge < -0.3 is 5.32 Å². The highest BCUT2D eigenvalue weighted by Gasteiger charge is 2.27. The molecule has 4 nitrogen and oxygen atoms in total. The highest BCUT2D eigenvalue weighted by molar-refractivity contribution is 9.10. The van der Waals surface area contributed by atoms with Crippen LogP contribution in [0, 0.1) is 13.8 Å². The lowest BCUT2D eigenvalue weighted by molar-refractivity contribution is 0.0948.